The van der Waals surface area contributed by atoms with Gasteiger partial charge >= 0.3 is 0 Å². The van der Waals surface area contributed by atoms with Crippen molar-refractivity contribution in [1.29, 1.82) is 0 Å². The van der Waals surface area contributed by atoms with Crippen molar-refractivity contribution in [3.8, 4) is 11.5 Å². The number of rotatable bonds is 9. The minimum Gasteiger partial charge on any atom is -0.490 e. The Morgan fingerprint density at radius 3 is 2.40 bits per heavy atom. The van der Waals surface area contributed by atoms with Crippen LogP contribution in [0.1, 0.15) is 62.8 Å². The van der Waals surface area contributed by atoms with E-state index < -0.39 is 0 Å². The van der Waals surface area contributed by atoms with E-state index in [-0.39, 0.29) is 0 Å². The van der Waals surface area contributed by atoms with Crippen molar-refractivity contribution >= 4 is 11.3 Å². The monoisotopic (exact) mass is 425 g/mol. The molecule has 1 aromatic heterocycles. The van der Waals surface area contributed by atoms with Gasteiger partial charge in [-0.25, -0.2) is 0 Å². The molecule has 4 heteroatoms. The third kappa shape index (κ3) is 4.13. The number of ether oxygens (including phenoxy) is 2. The van der Waals surface area contributed by atoms with Gasteiger partial charge in [-0.05, 0) is 105 Å². The zero-order valence-electron chi connectivity index (χ0n) is 18.4. The summed E-state index contributed by atoms with van der Waals surface area (Å²) in [6.45, 7) is 6.61. The van der Waals surface area contributed by atoms with E-state index >= 15 is 0 Å². The van der Waals surface area contributed by atoms with Gasteiger partial charge in [0.25, 0.3) is 0 Å². The molecule has 30 heavy (non-hydrogen) atoms. The molecule has 6 rings (SSSR count). The van der Waals surface area contributed by atoms with Crippen molar-refractivity contribution in [2.45, 2.75) is 71.6 Å². The smallest absolute Gasteiger partial charge is 0.161 e. The van der Waals surface area contributed by atoms with Gasteiger partial charge in [-0.2, -0.15) is 0 Å². The molecule has 0 radical (unpaired) electrons. The van der Waals surface area contributed by atoms with Crippen LogP contribution in [0.4, 0.5) is 0 Å². The normalized spacial score (nSPS) is 30.4. The van der Waals surface area contributed by atoms with Crippen LogP contribution in [0.25, 0.3) is 0 Å². The second-order valence-electron chi connectivity index (χ2n) is 9.96. The summed E-state index contributed by atoms with van der Waals surface area (Å²) in [5.74, 6) is 4.71. The standard InChI is InChI=1S/C26H35NO2S/c1-3-28-25-12-19(6-7-24(25)29-17-23-5-4-8-30-23)16-27-18(2)26-13-20-9-21(14-26)11-22(10-20)15-26/h4-8,12,18,20-22,27H,3,9-11,13-17H2,1-2H3. The summed E-state index contributed by atoms with van der Waals surface area (Å²) < 4.78 is 11.9. The Labute approximate surface area is 185 Å². The third-order valence-corrected chi connectivity index (χ3v) is 8.72. The summed E-state index contributed by atoms with van der Waals surface area (Å²) in [4.78, 5) is 1.23. The molecule has 4 aliphatic carbocycles. The molecule has 1 unspecified atom stereocenters. The molecule has 0 spiro atoms. The highest BCUT2D eigenvalue weighted by molar-refractivity contribution is 7.09. The number of thiophene rings is 1. The zero-order valence-corrected chi connectivity index (χ0v) is 19.2. The SMILES string of the molecule is CCOc1cc(CNC(C)C23CC4CC(CC(C4)C2)C3)ccc1OCc1cccs1. The molecule has 3 nitrogen and oxygen atoms in total. The van der Waals surface area contributed by atoms with Crippen molar-refractivity contribution in [3.63, 3.8) is 0 Å². The van der Waals surface area contributed by atoms with E-state index in [9.17, 15) is 0 Å². The molecule has 1 aromatic carbocycles. The number of hydrogen-bond donors (Lipinski definition) is 1. The van der Waals surface area contributed by atoms with Crippen LogP contribution in [0, 0.1) is 23.2 Å². The van der Waals surface area contributed by atoms with Crippen molar-refractivity contribution in [3.05, 3.63) is 46.2 Å². The van der Waals surface area contributed by atoms with Gasteiger partial charge < -0.3 is 14.8 Å². The van der Waals surface area contributed by atoms with E-state index in [0.29, 0.717) is 24.7 Å². The minimum absolute atomic E-state index is 0.543. The molecule has 0 saturated heterocycles. The lowest BCUT2D eigenvalue weighted by Crippen LogP contribution is -2.54. The third-order valence-electron chi connectivity index (χ3n) is 7.87. The predicted octanol–water partition coefficient (Wildman–Crippen LogP) is 6.42. The highest BCUT2D eigenvalue weighted by Crippen LogP contribution is 2.61. The first kappa shape index (κ1) is 20.4. The Kier molecular flexibility index (Phi) is 5.81. The van der Waals surface area contributed by atoms with Crippen LogP contribution in [0.3, 0.4) is 0 Å². The van der Waals surface area contributed by atoms with Gasteiger partial charge in [0.2, 0.25) is 0 Å². The summed E-state index contributed by atoms with van der Waals surface area (Å²) in [6.07, 6.45) is 8.89. The second-order valence-corrected chi connectivity index (χ2v) is 11.0. The summed E-state index contributed by atoms with van der Waals surface area (Å²) >= 11 is 1.72. The molecule has 0 amide bonds. The highest BCUT2D eigenvalue weighted by Gasteiger charge is 2.52. The fraction of sp³-hybridized carbons (Fsp3) is 0.615. The predicted molar refractivity (Wildman–Crippen MR) is 123 cm³/mol. The lowest BCUT2D eigenvalue weighted by atomic mass is 9.48. The quantitative estimate of drug-likeness (QED) is 0.503. The van der Waals surface area contributed by atoms with E-state index in [1.165, 1.54) is 49.0 Å². The van der Waals surface area contributed by atoms with E-state index in [0.717, 1.165) is 35.8 Å². The molecule has 1 heterocycles. The lowest BCUT2D eigenvalue weighted by molar-refractivity contribution is -0.0706. The topological polar surface area (TPSA) is 30.5 Å². The number of nitrogens with one attached hydrogen (secondary N) is 1. The van der Waals surface area contributed by atoms with Crippen LogP contribution in [0.2, 0.25) is 0 Å². The van der Waals surface area contributed by atoms with Gasteiger partial charge in [0, 0.05) is 17.5 Å². The maximum Gasteiger partial charge on any atom is 0.161 e. The van der Waals surface area contributed by atoms with Gasteiger partial charge in [-0.3, -0.25) is 0 Å². The van der Waals surface area contributed by atoms with Crippen LogP contribution in [0.5, 0.6) is 11.5 Å². The first-order valence-corrected chi connectivity index (χ1v) is 12.7. The van der Waals surface area contributed by atoms with Gasteiger partial charge in [-0.15, -0.1) is 11.3 Å². The summed E-state index contributed by atoms with van der Waals surface area (Å²) in [5.41, 5.74) is 1.82. The van der Waals surface area contributed by atoms with Crippen LogP contribution >= 0.6 is 11.3 Å². The molecule has 2 aromatic rings. The molecule has 162 valence electrons. The van der Waals surface area contributed by atoms with Crippen LogP contribution in [-0.2, 0) is 13.2 Å². The Balaban J connectivity index is 1.23. The number of hydrogen-bond acceptors (Lipinski definition) is 4. The van der Waals surface area contributed by atoms with Crippen molar-refractivity contribution in [1.82, 2.24) is 5.32 Å². The van der Waals surface area contributed by atoms with Gasteiger partial charge in [0.05, 0.1) is 6.61 Å². The van der Waals surface area contributed by atoms with E-state index in [4.69, 9.17) is 9.47 Å². The van der Waals surface area contributed by atoms with Gasteiger partial charge in [0.1, 0.15) is 6.61 Å². The highest BCUT2D eigenvalue weighted by atomic mass is 32.1. The summed E-state index contributed by atoms with van der Waals surface area (Å²) in [6, 6.07) is 11.2. The largest absolute Gasteiger partial charge is 0.490 e. The van der Waals surface area contributed by atoms with E-state index in [2.05, 4.69) is 48.0 Å². The zero-order chi connectivity index (χ0) is 20.6. The fourth-order valence-electron chi connectivity index (χ4n) is 6.79. The van der Waals surface area contributed by atoms with E-state index in [1.54, 1.807) is 11.3 Å². The lowest BCUT2D eigenvalue weighted by Gasteiger charge is -2.59. The molecular formula is C26H35NO2S. The fourth-order valence-corrected chi connectivity index (χ4v) is 7.41. The molecule has 1 N–H and O–H groups in total. The molecule has 1 atom stereocenters. The van der Waals surface area contributed by atoms with E-state index in [1.807, 2.05) is 6.92 Å². The van der Waals surface area contributed by atoms with Crippen molar-refractivity contribution in [2.75, 3.05) is 6.61 Å². The molecular weight excluding hydrogens is 390 g/mol. The van der Waals surface area contributed by atoms with Gasteiger partial charge in [0.15, 0.2) is 11.5 Å². The first-order valence-electron chi connectivity index (χ1n) is 11.8. The van der Waals surface area contributed by atoms with Crippen molar-refractivity contribution < 1.29 is 9.47 Å². The Morgan fingerprint density at radius 2 is 1.77 bits per heavy atom. The molecule has 4 saturated carbocycles. The summed E-state index contributed by atoms with van der Waals surface area (Å²) in [7, 11) is 0. The first-order chi connectivity index (χ1) is 14.6. The van der Waals surface area contributed by atoms with Crippen LogP contribution in [0.15, 0.2) is 35.7 Å². The number of benzene rings is 1. The Morgan fingerprint density at radius 1 is 1.03 bits per heavy atom. The van der Waals surface area contributed by atoms with Crippen molar-refractivity contribution in [2.24, 2.45) is 23.2 Å². The Bertz CT molecular complexity index is 811. The maximum absolute atomic E-state index is 6.04. The summed E-state index contributed by atoms with van der Waals surface area (Å²) in [5, 5.41) is 5.99. The molecule has 4 fully saturated rings. The van der Waals surface area contributed by atoms with Crippen LogP contribution < -0.4 is 14.8 Å². The average Bonchev–Trinajstić information content (AvgIpc) is 3.24. The second kappa shape index (κ2) is 8.55. The Hall–Kier alpha value is -1.52. The molecule has 4 aliphatic rings. The minimum atomic E-state index is 0.543. The van der Waals surface area contributed by atoms with Gasteiger partial charge in [-0.1, -0.05) is 12.1 Å². The molecule has 0 aliphatic heterocycles. The molecule has 4 bridgehead atoms. The van der Waals surface area contributed by atoms with Crippen LogP contribution in [-0.4, -0.2) is 12.6 Å². The maximum atomic E-state index is 6.04. The average molecular weight is 426 g/mol.